The number of aliphatic hydroxyl groups excluding tert-OH is 1. The second kappa shape index (κ2) is 7.66. The summed E-state index contributed by atoms with van der Waals surface area (Å²) in [4.78, 5) is 4.02. The molecule has 1 aromatic heterocycles. The fourth-order valence-corrected chi connectivity index (χ4v) is 2.32. The predicted octanol–water partition coefficient (Wildman–Crippen LogP) is 2.77. The lowest BCUT2D eigenvalue weighted by Gasteiger charge is -2.15. The standard InChI is InChI=1S/C17H21NO4/c1-20-15-9-12(10-16(21-2)17(15)22-3)6-7-14(19)13-5-4-8-18-11-13/h4-5,8-11,14,19H,6-7H2,1-3H3. The van der Waals surface area contributed by atoms with Gasteiger partial charge in [-0.05, 0) is 42.2 Å². The van der Waals surface area contributed by atoms with Crippen molar-refractivity contribution >= 4 is 0 Å². The van der Waals surface area contributed by atoms with E-state index in [1.54, 1.807) is 33.7 Å². The Kier molecular flexibility index (Phi) is 5.61. The highest BCUT2D eigenvalue weighted by molar-refractivity contribution is 5.53. The Bertz CT molecular complexity index is 576. The Balaban J connectivity index is 2.13. The van der Waals surface area contributed by atoms with Gasteiger partial charge in [-0.25, -0.2) is 0 Å². The molecule has 5 nitrogen and oxygen atoms in total. The fourth-order valence-electron chi connectivity index (χ4n) is 2.32. The van der Waals surface area contributed by atoms with Crippen molar-refractivity contribution in [2.75, 3.05) is 21.3 Å². The highest BCUT2D eigenvalue weighted by Crippen LogP contribution is 2.38. The molecular weight excluding hydrogens is 282 g/mol. The first-order valence-electron chi connectivity index (χ1n) is 7.06. The molecule has 0 aliphatic carbocycles. The van der Waals surface area contributed by atoms with E-state index < -0.39 is 6.10 Å². The molecule has 118 valence electrons. The van der Waals surface area contributed by atoms with Crippen LogP contribution >= 0.6 is 0 Å². The van der Waals surface area contributed by atoms with Crippen molar-refractivity contribution in [2.45, 2.75) is 18.9 Å². The number of ether oxygens (including phenoxy) is 3. The summed E-state index contributed by atoms with van der Waals surface area (Å²) < 4.78 is 16.0. The van der Waals surface area contributed by atoms with E-state index in [2.05, 4.69) is 4.98 Å². The quantitative estimate of drug-likeness (QED) is 0.852. The topological polar surface area (TPSA) is 60.8 Å². The Labute approximate surface area is 130 Å². The second-order valence-corrected chi connectivity index (χ2v) is 4.87. The largest absolute Gasteiger partial charge is 0.493 e. The maximum absolute atomic E-state index is 10.2. The number of nitrogens with zero attached hydrogens (tertiary/aromatic N) is 1. The molecule has 0 amide bonds. The monoisotopic (exact) mass is 303 g/mol. The number of methoxy groups -OCH3 is 3. The molecule has 2 aromatic rings. The molecule has 1 atom stereocenters. The van der Waals surface area contributed by atoms with Gasteiger partial charge in [0.2, 0.25) is 5.75 Å². The van der Waals surface area contributed by atoms with E-state index in [9.17, 15) is 5.11 Å². The van der Waals surface area contributed by atoms with Crippen LogP contribution in [0.4, 0.5) is 0 Å². The van der Waals surface area contributed by atoms with E-state index in [-0.39, 0.29) is 0 Å². The molecule has 5 heteroatoms. The van der Waals surface area contributed by atoms with Crippen LogP contribution in [0.2, 0.25) is 0 Å². The van der Waals surface area contributed by atoms with Gasteiger partial charge in [-0.2, -0.15) is 0 Å². The Hall–Kier alpha value is -2.27. The molecule has 0 saturated carbocycles. The molecule has 0 radical (unpaired) electrons. The second-order valence-electron chi connectivity index (χ2n) is 4.87. The number of aromatic nitrogens is 1. The van der Waals surface area contributed by atoms with Crippen LogP contribution in [-0.2, 0) is 6.42 Å². The summed E-state index contributed by atoms with van der Waals surface area (Å²) in [5.41, 5.74) is 1.83. The molecule has 0 spiro atoms. The summed E-state index contributed by atoms with van der Waals surface area (Å²) in [6, 6.07) is 7.49. The van der Waals surface area contributed by atoms with Crippen molar-refractivity contribution in [1.82, 2.24) is 4.98 Å². The number of hydrogen-bond acceptors (Lipinski definition) is 5. The Morgan fingerprint density at radius 3 is 2.27 bits per heavy atom. The van der Waals surface area contributed by atoms with Crippen LogP contribution in [0.15, 0.2) is 36.7 Å². The number of pyridine rings is 1. The molecular formula is C17H21NO4. The molecule has 0 fully saturated rings. The SMILES string of the molecule is COc1cc(CCC(O)c2cccnc2)cc(OC)c1OC. The van der Waals surface area contributed by atoms with Gasteiger partial charge in [0.25, 0.3) is 0 Å². The van der Waals surface area contributed by atoms with Gasteiger partial charge in [-0.1, -0.05) is 6.07 Å². The lowest BCUT2D eigenvalue weighted by Crippen LogP contribution is -2.01. The zero-order valence-corrected chi connectivity index (χ0v) is 13.1. The van der Waals surface area contributed by atoms with E-state index in [0.29, 0.717) is 30.1 Å². The smallest absolute Gasteiger partial charge is 0.203 e. The summed E-state index contributed by atoms with van der Waals surface area (Å²) in [7, 11) is 4.75. The summed E-state index contributed by atoms with van der Waals surface area (Å²) >= 11 is 0. The van der Waals surface area contributed by atoms with Gasteiger partial charge in [-0.3, -0.25) is 4.98 Å². The lowest BCUT2D eigenvalue weighted by molar-refractivity contribution is 0.167. The molecule has 1 aromatic carbocycles. The van der Waals surface area contributed by atoms with Gasteiger partial charge < -0.3 is 19.3 Å². The third-order valence-corrected chi connectivity index (χ3v) is 3.50. The average molecular weight is 303 g/mol. The van der Waals surface area contributed by atoms with Gasteiger partial charge in [0, 0.05) is 12.4 Å². The molecule has 0 saturated heterocycles. The molecule has 0 aliphatic rings. The average Bonchev–Trinajstić information content (AvgIpc) is 2.59. The van der Waals surface area contributed by atoms with Crippen molar-refractivity contribution in [3.05, 3.63) is 47.8 Å². The highest BCUT2D eigenvalue weighted by Gasteiger charge is 2.14. The van der Waals surface area contributed by atoms with Crippen LogP contribution in [0.3, 0.4) is 0 Å². The van der Waals surface area contributed by atoms with Crippen LogP contribution < -0.4 is 14.2 Å². The lowest BCUT2D eigenvalue weighted by atomic mass is 10.0. The minimum Gasteiger partial charge on any atom is -0.493 e. The molecule has 2 rings (SSSR count). The fraction of sp³-hybridized carbons (Fsp3) is 0.353. The molecule has 1 N–H and O–H groups in total. The number of aliphatic hydroxyl groups is 1. The molecule has 1 unspecified atom stereocenters. The van der Waals surface area contributed by atoms with Crippen molar-refractivity contribution < 1.29 is 19.3 Å². The van der Waals surface area contributed by atoms with Gasteiger partial charge in [0.15, 0.2) is 11.5 Å². The molecule has 22 heavy (non-hydrogen) atoms. The van der Waals surface area contributed by atoms with E-state index in [1.807, 2.05) is 24.3 Å². The zero-order chi connectivity index (χ0) is 15.9. The summed E-state index contributed by atoms with van der Waals surface area (Å²) in [6.45, 7) is 0. The van der Waals surface area contributed by atoms with Crippen molar-refractivity contribution in [2.24, 2.45) is 0 Å². The van der Waals surface area contributed by atoms with Gasteiger partial charge >= 0.3 is 0 Å². The van der Waals surface area contributed by atoms with E-state index in [1.165, 1.54) is 0 Å². The normalized spacial score (nSPS) is 11.8. The van der Waals surface area contributed by atoms with Crippen molar-refractivity contribution in [3.63, 3.8) is 0 Å². The first-order chi connectivity index (χ1) is 10.7. The summed E-state index contributed by atoms with van der Waals surface area (Å²) in [5, 5.41) is 10.2. The maximum atomic E-state index is 10.2. The number of hydrogen-bond donors (Lipinski definition) is 1. The third-order valence-electron chi connectivity index (χ3n) is 3.50. The third kappa shape index (κ3) is 3.68. The van der Waals surface area contributed by atoms with Crippen LogP contribution in [0, 0.1) is 0 Å². The maximum Gasteiger partial charge on any atom is 0.203 e. The van der Waals surface area contributed by atoms with Crippen LogP contribution in [-0.4, -0.2) is 31.4 Å². The summed E-state index contributed by atoms with van der Waals surface area (Å²) in [6.07, 6.45) is 4.10. The number of rotatable bonds is 7. The molecule has 0 aliphatic heterocycles. The highest BCUT2D eigenvalue weighted by atomic mass is 16.5. The first-order valence-corrected chi connectivity index (χ1v) is 7.06. The van der Waals surface area contributed by atoms with Crippen LogP contribution in [0.1, 0.15) is 23.7 Å². The molecule has 0 bridgehead atoms. The Morgan fingerprint density at radius 2 is 1.77 bits per heavy atom. The predicted molar refractivity (Wildman–Crippen MR) is 83.6 cm³/mol. The first kappa shape index (κ1) is 16.1. The number of aryl methyl sites for hydroxylation is 1. The van der Waals surface area contributed by atoms with Gasteiger partial charge in [0.05, 0.1) is 27.4 Å². The van der Waals surface area contributed by atoms with Crippen molar-refractivity contribution in [1.29, 1.82) is 0 Å². The minimum atomic E-state index is -0.548. The Morgan fingerprint density at radius 1 is 1.09 bits per heavy atom. The van der Waals surface area contributed by atoms with Crippen LogP contribution in [0.5, 0.6) is 17.2 Å². The number of benzene rings is 1. The minimum absolute atomic E-state index is 0.548. The van der Waals surface area contributed by atoms with E-state index in [4.69, 9.17) is 14.2 Å². The van der Waals surface area contributed by atoms with Gasteiger partial charge in [0.1, 0.15) is 0 Å². The van der Waals surface area contributed by atoms with Crippen molar-refractivity contribution in [3.8, 4) is 17.2 Å². The van der Waals surface area contributed by atoms with E-state index in [0.717, 1.165) is 11.1 Å². The van der Waals surface area contributed by atoms with E-state index >= 15 is 0 Å². The zero-order valence-electron chi connectivity index (χ0n) is 13.1. The van der Waals surface area contributed by atoms with Gasteiger partial charge in [-0.15, -0.1) is 0 Å². The van der Waals surface area contributed by atoms with Crippen LogP contribution in [0.25, 0.3) is 0 Å². The summed E-state index contributed by atoms with van der Waals surface area (Å²) in [5.74, 6) is 1.81. The molecule has 1 heterocycles.